The molecule has 20 heavy (non-hydrogen) atoms. The van der Waals surface area contributed by atoms with Gasteiger partial charge in [0, 0.05) is 31.5 Å². The lowest BCUT2D eigenvalue weighted by atomic mass is 10.1. The molecule has 106 valence electrons. The smallest absolute Gasteiger partial charge is 0.257 e. The summed E-state index contributed by atoms with van der Waals surface area (Å²) < 4.78 is 6.88. The molecule has 9 heteroatoms. The topological polar surface area (TPSA) is 116 Å². The zero-order chi connectivity index (χ0) is 13.8. The van der Waals surface area contributed by atoms with E-state index in [0.717, 1.165) is 26.2 Å². The molecule has 1 atom stereocenters. The molecule has 1 aliphatic heterocycles. The maximum atomic E-state index is 5.38. The first-order valence-electron chi connectivity index (χ1n) is 6.39. The summed E-state index contributed by atoms with van der Waals surface area (Å²) in [4.78, 5) is 12.6. The van der Waals surface area contributed by atoms with Gasteiger partial charge in [-0.3, -0.25) is 5.43 Å². The first kappa shape index (κ1) is 12.8. The van der Waals surface area contributed by atoms with Crippen molar-refractivity contribution in [3.63, 3.8) is 0 Å². The van der Waals surface area contributed by atoms with E-state index in [0.29, 0.717) is 17.8 Å². The second kappa shape index (κ2) is 5.80. The molecule has 1 fully saturated rings. The summed E-state index contributed by atoms with van der Waals surface area (Å²) in [6.45, 7) is 2.34. The van der Waals surface area contributed by atoms with Crippen molar-refractivity contribution in [1.82, 2.24) is 24.7 Å². The normalized spacial score (nSPS) is 18.1. The Morgan fingerprint density at radius 3 is 2.95 bits per heavy atom. The van der Waals surface area contributed by atoms with E-state index in [4.69, 9.17) is 10.6 Å². The Labute approximate surface area is 115 Å². The predicted octanol–water partition coefficient (Wildman–Crippen LogP) is -0.209. The van der Waals surface area contributed by atoms with Crippen molar-refractivity contribution in [3.8, 4) is 5.95 Å². The highest BCUT2D eigenvalue weighted by atomic mass is 16.5. The van der Waals surface area contributed by atoms with Crippen molar-refractivity contribution in [2.24, 2.45) is 11.8 Å². The minimum Gasteiger partial charge on any atom is -0.381 e. The van der Waals surface area contributed by atoms with Gasteiger partial charge in [-0.2, -0.15) is 20.1 Å². The molecule has 9 nitrogen and oxygen atoms in total. The number of rotatable bonds is 5. The van der Waals surface area contributed by atoms with Crippen LogP contribution in [0.4, 0.5) is 11.9 Å². The minimum absolute atomic E-state index is 0.288. The summed E-state index contributed by atoms with van der Waals surface area (Å²) in [5, 5.41) is 7.27. The second-order valence-electron chi connectivity index (χ2n) is 4.49. The lowest BCUT2D eigenvalue weighted by Gasteiger charge is -2.11. The number of nitrogens with two attached hydrogens (primary N) is 1. The Kier molecular flexibility index (Phi) is 3.70. The van der Waals surface area contributed by atoms with Crippen LogP contribution in [0, 0.1) is 5.92 Å². The van der Waals surface area contributed by atoms with Crippen molar-refractivity contribution >= 4 is 11.9 Å². The van der Waals surface area contributed by atoms with Crippen LogP contribution in [-0.4, -0.2) is 44.5 Å². The van der Waals surface area contributed by atoms with Crippen LogP contribution in [0.15, 0.2) is 18.5 Å². The highest BCUT2D eigenvalue weighted by molar-refractivity contribution is 5.36. The van der Waals surface area contributed by atoms with Crippen LogP contribution in [-0.2, 0) is 4.74 Å². The molecule has 1 aliphatic rings. The summed E-state index contributed by atoms with van der Waals surface area (Å²) >= 11 is 0. The number of nitrogens with one attached hydrogen (secondary N) is 2. The summed E-state index contributed by atoms with van der Waals surface area (Å²) in [5.41, 5.74) is 2.43. The van der Waals surface area contributed by atoms with Gasteiger partial charge in [0.25, 0.3) is 5.95 Å². The van der Waals surface area contributed by atoms with Crippen molar-refractivity contribution < 1.29 is 4.74 Å². The average Bonchev–Trinajstić information content (AvgIpc) is 3.17. The number of hydrogen-bond acceptors (Lipinski definition) is 8. The summed E-state index contributed by atoms with van der Waals surface area (Å²) in [6, 6.07) is 1.79. The Hall–Kier alpha value is -2.26. The highest BCUT2D eigenvalue weighted by Gasteiger charge is 2.16. The lowest BCUT2D eigenvalue weighted by molar-refractivity contribution is 0.187. The zero-order valence-corrected chi connectivity index (χ0v) is 10.9. The van der Waals surface area contributed by atoms with E-state index in [-0.39, 0.29) is 5.95 Å². The second-order valence-corrected chi connectivity index (χ2v) is 4.49. The molecular formula is C11H16N8O. The number of hydrazine groups is 1. The SMILES string of the molecule is NNc1nc(NCC2CCOC2)nc(-n2cccn2)n1. The standard InChI is InChI=1S/C11H16N8O/c12-18-10-15-9(13-6-8-2-5-20-7-8)16-11(17-10)19-4-1-3-14-19/h1,3-4,8H,2,5-7,12H2,(H2,13,15,16,17,18). The van der Waals surface area contributed by atoms with Crippen molar-refractivity contribution in [2.45, 2.75) is 6.42 Å². The highest BCUT2D eigenvalue weighted by Crippen LogP contribution is 2.13. The number of hydrogen-bond donors (Lipinski definition) is 3. The maximum Gasteiger partial charge on any atom is 0.257 e. The molecule has 3 heterocycles. The first-order valence-corrected chi connectivity index (χ1v) is 6.39. The quantitative estimate of drug-likeness (QED) is 0.507. The van der Waals surface area contributed by atoms with E-state index in [9.17, 15) is 0 Å². The molecule has 0 bridgehead atoms. The Bertz CT molecular complexity index is 552. The fraction of sp³-hybridized carbons (Fsp3) is 0.455. The van der Waals surface area contributed by atoms with Gasteiger partial charge in [-0.05, 0) is 12.5 Å². The third kappa shape index (κ3) is 2.83. The van der Waals surface area contributed by atoms with Gasteiger partial charge >= 0.3 is 0 Å². The largest absolute Gasteiger partial charge is 0.381 e. The molecule has 0 saturated carbocycles. The van der Waals surface area contributed by atoms with E-state index in [1.54, 1.807) is 23.1 Å². The van der Waals surface area contributed by atoms with E-state index in [1.165, 1.54) is 0 Å². The molecule has 2 aromatic heterocycles. The first-order chi connectivity index (χ1) is 9.85. The molecule has 0 amide bonds. The fourth-order valence-corrected chi connectivity index (χ4v) is 1.98. The molecule has 4 N–H and O–H groups in total. The number of anilines is 2. The number of aromatic nitrogens is 5. The summed E-state index contributed by atoms with van der Waals surface area (Å²) in [7, 11) is 0. The van der Waals surface area contributed by atoms with Gasteiger partial charge in [-0.15, -0.1) is 0 Å². The zero-order valence-electron chi connectivity index (χ0n) is 10.9. The van der Waals surface area contributed by atoms with E-state index in [2.05, 4.69) is 30.8 Å². The van der Waals surface area contributed by atoms with Crippen LogP contribution in [0.3, 0.4) is 0 Å². The van der Waals surface area contributed by atoms with Crippen LogP contribution in [0.2, 0.25) is 0 Å². The van der Waals surface area contributed by atoms with Gasteiger partial charge in [0.2, 0.25) is 11.9 Å². The predicted molar refractivity (Wildman–Crippen MR) is 72.2 cm³/mol. The Balaban J connectivity index is 1.77. The summed E-state index contributed by atoms with van der Waals surface area (Å²) in [6.07, 6.45) is 4.46. The average molecular weight is 276 g/mol. The van der Waals surface area contributed by atoms with E-state index >= 15 is 0 Å². The van der Waals surface area contributed by atoms with Gasteiger partial charge in [0.1, 0.15) is 0 Å². The van der Waals surface area contributed by atoms with Gasteiger partial charge in [0.15, 0.2) is 0 Å². The maximum absolute atomic E-state index is 5.38. The molecule has 0 aliphatic carbocycles. The Morgan fingerprint density at radius 2 is 2.25 bits per heavy atom. The lowest BCUT2D eigenvalue weighted by Crippen LogP contribution is -2.19. The van der Waals surface area contributed by atoms with Crippen LogP contribution in [0.25, 0.3) is 5.95 Å². The molecule has 2 aromatic rings. The van der Waals surface area contributed by atoms with Crippen LogP contribution < -0.4 is 16.6 Å². The third-order valence-corrected chi connectivity index (χ3v) is 3.03. The molecule has 0 spiro atoms. The number of nitrogens with zero attached hydrogens (tertiary/aromatic N) is 5. The van der Waals surface area contributed by atoms with Crippen molar-refractivity contribution in [1.29, 1.82) is 0 Å². The van der Waals surface area contributed by atoms with Gasteiger partial charge in [-0.1, -0.05) is 0 Å². The monoisotopic (exact) mass is 276 g/mol. The van der Waals surface area contributed by atoms with E-state index in [1.807, 2.05) is 0 Å². The minimum atomic E-state index is 0.288. The third-order valence-electron chi connectivity index (χ3n) is 3.03. The Morgan fingerprint density at radius 1 is 1.35 bits per heavy atom. The molecule has 0 aromatic carbocycles. The molecule has 3 rings (SSSR count). The van der Waals surface area contributed by atoms with Crippen molar-refractivity contribution in [2.75, 3.05) is 30.5 Å². The van der Waals surface area contributed by atoms with Crippen LogP contribution in [0.1, 0.15) is 6.42 Å². The molecule has 0 radical (unpaired) electrons. The number of nitrogen functional groups attached to an aromatic ring is 1. The van der Waals surface area contributed by atoms with Crippen molar-refractivity contribution in [3.05, 3.63) is 18.5 Å². The number of ether oxygens (including phenoxy) is 1. The van der Waals surface area contributed by atoms with E-state index < -0.39 is 0 Å². The van der Waals surface area contributed by atoms with Crippen LogP contribution in [0.5, 0.6) is 0 Å². The van der Waals surface area contributed by atoms with Gasteiger partial charge in [-0.25, -0.2) is 10.5 Å². The molecule has 1 unspecified atom stereocenters. The van der Waals surface area contributed by atoms with Gasteiger partial charge in [0.05, 0.1) is 6.61 Å². The molecular weight excluding hydrogens is 260 g/mol. The van der Waals surface area contributed by atoms with Gasteiger partial charge < -0.3 is 10.1 Å². The molecule has 1 saturated heterocycles. The fourth-order valence-electron chi connectivity index (χ4n) is 1.98. The summed E-state index contributed by atoms with van der Waals surface area (Å²) in [5.74, 6) is 7.02. The van der Waals surface area contributed by atoms with Crippen LogP contribution >= 0.6 is 0 Å².